The molecule has 1 aliphatic carbocycles. The molecule has 1 aliphatic heterocycles. The van der Waals surface area contributed by atoms with Crippen LogP contribution >= 0.6 is 11.6 Å². The number of fused-ring (bicyclic) bond motifs is 5. The van der Waals surface area contributed by atoms with Crippen LogP contribution < -0.4 is 5.32 Å². The number of ketones is 1. The summed E-state index contributed by atoms with van der Waals surface area (Å²) in [7, 11) is 0. The van der Waals surface area contributed by atoms with E-state index in [-0.39, 0.29) is 23.1 Å². The number of anilines is 1. The Labute approximate surface area is 231 Å². The average molecular weight is 535 g/mol. The molecule has 0 unspecified atom stereocenters. The van der Waals surface area contributed by atoms with Crippen molar-refractivity contribution in [2.24, 2.45) is 5.41 Å². The summed E-state index contributed by atoms with van der Waals surface area (Å²) in [4.78, 5) is 13.9. The Morgan fingerprint density at radius 3 is 2.54 bits per heavy atom. The molecule has 194 valence electrons. The molecule has 0 radical (unpaired) electrons. The smallest absolute Gasteiger partial charge is 0.162 e. The van der Waals surface area contributed by atoms with Crippen LogP contribution in [-0.2, 0) is 11.3 Å². The molecule has 7 rings (SSSR count). The summed E-state index contributed by atoms with van der Waals surface area (Å²) >= 11 is 6.41. The van der Waals surface area contributed by atoms with Gasteiger partial charge in [0.05, 0.1) is 12.6 Å². The van der Waals surface area contributed by atoms with E-state index in [1.54, 1.807) is 12.1 Å². The summed E-state index contributed by atoms with van der Waals surface area (Å²) in [6.07, 6.45) is 3.40. The third kappa shape index (κ3) is 3.89. The van der Waals surface area contributed by atoms with Gasteiger partial charge in [-0.05, 0) is 52.4 Å². The Bertz CT molecular complexity index is 1830. The molecule has 0 saturated heterocycles. The Morgan fingerprint density at radius 2 is 1.72 bits per heavy atom. The molecule has 0 spiro atoms. The topological polar surface area (TPSA) is 34.0 Å². The van der Waals surface area contributed by atoms with Crippen LogP contribution in [0.1, 0.15) is 49.4 Å². The predicted molar refractivity (Wildman–Crippen MR) is 158 cm³/mol. The molecule has 0 amide bonds. The van der Waals surface area contributed by atoms with Crippen molar-refractivity contribution in [2.75, 3.05) is 5.32 Å². The molecule has 0 saturated carbocycles. The van der Waals surface area contributed by atoms with Crippen molar-refractivity contribution >= 4 is 50.3 Å². The predicted octanol–water partition coefficient (Wildman–Crippen LogP) is 8.94. The summed E-state index contributed by atoms with van der Waals surface area (Å²) in [6, 6.07) is 25.3. The highest BCUT2D eigenvalue weighted by atomic mass is 35.5. The van der Waals surface area contributed by atoms with Crippen molar-refractivity contribution in [3.05, 3.63) is 118 Å². The lowest BCUT2D eigenvalue weighted by Crippen LogP contribution is -2.33. The highest BCUT2D eigenvalue weighted by molar-refractivity contribution is 6.31. The van der Waals surface area contributed by atoms with E-state index in [0.717, 1.165) is 56.1 Å². The summed E-state index contributed by atoms with van der Waals surface area (Å²) in [6.45, 7) is 4.66. The second-order valence-electron chi connectivity index (χ2n) is 11.5. The minimum atomic E-state index is -0.326. The van der Waals surface area contributed by atoms with Crippen molar-refractivity contribution in [2.45, 2.75) is 39.3 Å². The largest absolute Gasteiger partial charge is 0.373 e. The Kier molecular flexibility index (Phi) is 5.47. The van der Waals surface area contributed by atoms with Crippen LogP contribution in [0.5, 0.6) is 0 Å². The van der Waals surface area contributed by atoms with Crippen LogP contribution in [0.2, 0.25) is 5.02 Å². The fourth-order valence-corrected chi connectivity index (χ4v) is 6.78. The van der Waals surface area contributed by atoms with Crippen molar-refractivity contribution in [1.82, 2.24) is 4.57 Å². The number of benzene rings is 4. The number of hydrogen-bond acceptors (Lipinski definition) is 2. The molecular weight excluding hydrogens is 507 g/mol. The monoisotopic (exact) mass is 534 g/mol. The van der Waals surface area contributed by atoms with Gasteiger partial charge in [-0.3, -0.25) is 4.79 Å². The third-order valence-corrected chi connectivity index (χ3v) is 8.61. The number of carbonyl (C=O) groups is 1. The molecule has 2 aliphatic rings. The van der Waals surface area contributed by atoms with Gasteiger partial charge in [-0.1, -0.05) is 80.0 Å². The van der Waals surface area contributed by atoms with Gasteiger partial charge in [0.25, 0.3) is 0 Å². The van der Waals surface area contributed by atoms with E-state index in [0.29, 0.717) is 23.6 Å². The number of carbonyl (C=O) groups excluding carboxylic acids is 1. The van der Waals surface area contributed by atoms with Crippen LogP contribution in [0, 0.1) is 11.2 Å². The molecule has 0 bridgehead atoms. The first-order valence-corrected chi connectivity index (χ1v) is 13.7. The number of rotatable bonds is 3. The van der Waals surface area contributed by atoms with Gasteiger partial charge in [-0.2, -0.15) is 0 Å². The van der Waals surface area contributed by atoms with Crippen molar-refractivity contribution < 1.29 is 9.18 Å². The maximum atomic E-state index is 14.8. The first-order valence-electron chi connectivity index (χ1n) is 13.4. The number of nitrogens with zero attached hydrogens (tertiary/aromatic N) is 1. The molecule has 0 fully saturated rings. The minimum Gasteiger partial charge on any atom is -0.373 e. The van der Waals surface area contributed by atoms with Gasteiger partial charge < -0.3 is 9.88 Å². The maximum Gasteiger partial charge on any atom is 0.162 e. The first kappa shape index (κ1) is 24.2. The van der Waals surface area contributed by atoms with Gasteiger partial charge in [0.15, 0.2) is 5.78 Å². The first-order chi connectivity index (χ1) is 18.8. The normalized spacial score (nSPS) is 18.3. The second-order valence-corrected chi connectivity index (χ2v) is 12.0. The number of hydrogen-bond donors (Lipinski definition) is 1. The Balaban J connectivity index is 1.45. The number of nitrogens with one attached hydrogen (secondary N) is 1. The zero-order valence-corrected chi connectivity index (χ0v) is 22.6. The highest BCUT2D eigenvalue weighted by Crippen LogP contribution is 2.52. The fourth-order valence-electron chi connectivity index (χ4n) is 6.56. The van der Waals surface area contributed by atoms with Crippen molar-refractivity contribution in [3.8, 4) is 0 Å². The van der Waals surface area contributed by atoms with E-state index in [2.05, 4.69) is 67.8 Å². The molecule has 39 heavy (non-hydrogen) atoms. The lowest BCUT2D eigenvalue weighted by molar-refractivity contribution is -0.118. The van der Waals surface area contributed by atoms with Gasteiger partial charge in [0.1, 0.15) is 5.82 Å². The zero-order valence-electron chi connectivity index (χ0n) is 21.9. The molecular formula is C34H28ClFN2O. The van der Waals surface area contributed by atoms with E-state index in [1.807, 2.05) is 22.8 Å². The number of aromatic nitrogens is 1. The molecule has 5 heteroatoms. The molecule has 1 atom stereocenters. The molecule has 5 aromatic rings. The lowest BCUT2D eigenvalue weighted by atomic mass is 9.68. The van der Waals surface area contributed by atoms with Crippen LogP contribution in [0.4, 0.5) is 10.1 Å². The van der Waals surface area contributed by atoms with Crippen LogP contribution in [0.15, 0.2) is 90.6 Å². The van der Waals surface area contributed by atoms with E-state index in [9.17, 15) is 9.18 Å². The van der Waals surface area contributed by atoms with Crippen LogP contribution in [0.25, 0.3) is 27.2 Å². The third-order valence-electron chi connectivity index (χ3n) is 8.26. The van der Waals surface area contributed by atoms with E-state index in [1.165, 1.54) is 6.07 Å². The molecule has 2 heterocycles. The number of para-hydroxylation sites is 1. The molecule has 3 nitrogen and oxygen atoms in total. The average Bonchev–Trinajstić information content (AvgIpc) is 3.27. The number of Topliss-reactive ketones (excluding diaryl/α,β-unsaturated/α-hetero) is 1. The van der Waals surface area contributed by atoms with E-state index < -0.39 is 0 Å². The van der Waals surface area contributed by atoms with Gasteiger partial charge in [0, 0.05) is 56.5 Å². The summed E-state index contributed by atoms with van der Waals surface area (Å²) in [5.74, 6) is -0.139. The quantitative estimate of drug-likeness (QED) is 0.250. The SMILES string of the molecule is CC1(C)CC(=O)C2=C(C1)c1c(ccc3ccccc13)N[C@@H]2c1cn(Cc2c(F)cccc2Cl)c2ccccc12. The van der Waals surface area contributed by atoms with E-state index >= 15 is 0 Å². The second kappa shape index (κ2) is 8.82. The number of halogens is 2. The standard InChI is InChI=1S/C34H28ClFN2O/c1-34(2)16-23-31-21-9-4-3-8-20(21)14-15-28(31)37-33(32(23)30(39)17-34)24-18-38(29-13-6-5-10-22(24)29)19-25-26(35)11-7-12-27(25)36/h3-15,18,33,37H,16-17,19H2,1-2H3/t33-/m1/s1. The summed E-state index contributed by atoms with van der Waals surface area (Å²) in [5, 5.41) is 7.53. The zero-order chi connectivity index (χ0) is 26.9. The van der Waals surface area contributed by atoms with Crippen LogP contribution in [-0.4, -0.2) is 10.4 Å². The minimum absolute atomic E-state index is 0.123. The van der Waals surface area contributed by atoms with Crippen LogP contribution in [0.3, 0.4) is 0 Å². The lowest BCUT2D eigenvalue weighted by Gasteiger charge is -2.40. The van der Waals surface area contributed by atoms with Gasteiger partial charge in [-0.15, -0.1) is 0 Å². The number of allylic oxidation sites excluding steroid dienone is 1. The highest BCUT2D eigenvalue weighted by Gasteiger charge is 2.41. The molecule has 4 aromatic carbocycles. The molecule has 1 N–H and O–H groups in total. The van der Waals surface area contributed by atoms with Crippen molar-refractivity contribution in [1.29, 1.82) is 0 Å². The Morgan fingerprint density at radius 1 is 0.949 bits per heavy atom. The van der Waals surface area contributed by atoms with E-state index in [4.69, 9.17) is 11.6 Å². The van der Waals surface area contributed by atoms with Gasteiger partial charge in [0.2, 0.25) is 0 Å². The van der Waals surface area contributed by atoms with Gasteiger partial charge >= 0.3 is 0 Å². The Hall–Kier alpha value is -3.89. The summed E-state index contributed by atoms with van der Waals surface area (Å²) in [5.41, 5.74) is 6.49. The van der Waals surface area contributed by atoms with Gasteiger partial charge in [-0.25, -0.2) is 4.39 Å². The fraction of sp³-hybridized carbons (Fsp3) is 0.206. The molecule has 1 aromatic heterocycles. The maximum absolute atomic E-state index is 14.8. The summed E-state index contributed by atoms with van der Waals surface area (Å²) < 4.78 is 16.8. The van der Waals surface area contributed by atoms with Crippen molar-refractivity contribution in [3.63, 3.8) is 0 Å².